The topological polar surface area (TPSA) is 82.6 Å². The molecule has 3 N–H and O–H groups in total. The number of benzene rings is 3. The molecule has 2 amide bonds. The van der Waals surface area contributed by atoms with Gasteiger partial charge in [-0.2, -0.15) is 0 Å². The number of carbonyl (C=O) groups excluding carboxylic acids is 2. The maximum atomic E-state index is 13.2. The van der Waals surface area contributed by atoms with Crippen molar-refractivity contribution in [3.63, 3.8) is 0 Å². The highest BCUT2D eigenvalue weighted by atomic mass is 35.5. The first-order valence-corrected chi connectivity index (χ1v) is 12.4. The van der Waals surface area contributed by atoms with Crippen molar-refractivity contribution >= 4 is 51.7 Å². The molecule has 0 unspecified atom stereocenters. The van der Waals surface area contributed by atoms with Gasteiger partial charge in [0.05, 0.1) is 11.3 Å². The Morgan fingerprint density at radius 1 is 0.943 bits per heavy atom. The lowest BCUT2D eigenvalue weighted by molar-refractivity contribution is -0.114. The Bertz CT molecular complexity index is 1290. The summed E-state index contributed by atoms with van der Waals surface area (Å²) < 4.78 is 0. The normalized spacial score (nSPS) is 15.2. The van der Waals surface area contributed by atoms with E-state index in [-0.39, 0.29) is 17.6 Å². The molecular weight excluding hydrogens is 480 g/mol. The summed E-state index contributed by atoms with van der Waals surface area (Å²) >= 11 is 7.44. The van der Waals surface area contributed by atoms with E-state index in [4.69, 9.17) is 16.6 Å². The third-order valence-corrected chi connectivity index (χ3v) is 6.79. The van der Waals surface area contributed by atoms with Crippen molar-refractivity contribution in [2.45, 2.75) is 19.9 Å². The zero-order valence-electron chi connectivity index (χ0n) is 19.3. The van der Waals surface area contributed by atoms with Crippen molar-refractivity contribution in [3.05, 3.63) is 106 Å². The molecule has 0 bridgehead atoms. The van der Waals surface area contributed by atoms with Gasteiger partial charge >= 0.3 is 0 Å². The van der Waals surface area contributed by atoms with Crippen LogP contribution in [0.5, 0.6) is 0 Å². The van der Waals surface area contributed by atoms with Crippen LogP contribution in [0.4, 0.5) is 11.4 Å². The smallest absolute Gasteiger partial charge is 0.255 e. The van der Waals surface area contributed by atoms with Gasteiger partial charge in [0.25, 0.3) is 5.91 Å². The third kappa shape index (κ3) is 6.12. The van der Waals surface area contributed by atoms with Crippen molar-refractivity contribution in [2.24, 2.45) is 4.99 Å². The number of hydrogen-bond acceptors (Lipinski definition) is 5. The predicted octanol–water partition coefficient (Wildman–Crippen LogP) is 5.93. The van der Waals surface area contributed by atoms with E-state index in [0.717, 1.165) is 11.1 Å². The number of amides is 2. The molecule has 0 fully saturated rings. The fourth-order valence-corrected chi connectivity index (χ4v) is 4.59. The molecule has 0 saturated carbocycles. The monoisotopic (exact) mass is 504 g/mol. The molecule has 178 valence electrons. The molecule has 0 aromatic heterocycles. The molecule has 1 atom stereocenters. The lowest BCUT2D eigenvalue weighted by atomic mass is 9.96. The molecule has 4 rings (SSSR count). The molecule has 1 heterocycles. The van der Waals surface area contributed by atoms with Crippen LogP contribution in [-0.2, 0) is 9.59 Å². The minimum absolute atomic E-state index is 0.151. The zero-order chi connectivity index (χ0) is 24.8. The number of amidine groups is 1. The first-order chi connectivity index (χ1) is 16.9. The molecule has 0 spiro atoms. The van der Waals surface area contributed by atoms with Crippen LogP contribution in [-0.4, -0.2) is 22.7 Å². The standard InChI is InChI=1S/C27H25ClN4O2S/c1-17-21(28)14-9-15-22(17)31-23(33)16-35-27-29-18(2)24(25(32-27)19-10-5-3-6-11-19)26(34)30-20-12-7-4-8-13-20/h3-15,25H,16H2,1-2H3,(H,29,32)(H,30,34)(H,31,33)/t25-/m0/s1. The number of thioether (sulfide) groups is 1. The van der Waals surface area contributed by atoms with Crippen LogP contribution < -0.4 is 16.0 Å². The van der Waals surface area contributed by atoms with Gasteiger partial charge in [0, 0.05) is 22.1 Å². The molecule has 3 aromatic carbocycles. The zero-order valence-corrected chi connectivity index (χ0v) is 20.9. The van der Waals surface area contributed by atoms with Crippen molar-refractivity contribution in [2.75, 3.05) is 16.4 Å². The summed E-state index contributed by atoms with van der Waals surface area (Å²) in [5.74, 6) is -0.245. The minimum atomic E-state index is -0.498. The van der Waals surface area contributed by atoms with E-state index in [1.165, 1.54) is 11.8 Å². The van der Waals surface area contributed by atoms with Crippen LogP contribution in [0, 0.1) is 6.92 Å². The average molecular weight is 505 g/mol. The Hall–Kier alpha value is -3.55. The van der Waals surface area contributed by atoms with E-state index in [9.17, 15) is 9.59 Å². The maximum Gasteiger partial charge on any atom is 0.255 e. The van der Waals surface area contributed by atoms with E-state index < -0.39 is 6.04 Å². The van der Waals surface area contributed by atoms with Crippen molar-refractivity contribution in [1.82, 2.24) is 5.32 Å². The number of carbonyl (C=O) groups is 2. The summed E-state index contributed by atoms with van der Waals surface area (Å²) in [5, 5.41) is 10.2. The number of rotatable bonds is 6. The van der Waals surface area contributed by atoms with Gasteiger partial charge < -0.3 is 16.0 Å². The highest BCUT2D eigenvalue weighted by Gasteiger charge is 2.29. The van der Waals surface area contributed by atoms with Crippen molar-refractivity contribution in [1.29, 1.82) is 0 Å². The second-order valence-electron chi connectivity index (χ2n) is 7.98. The maximum absolute atomic E-state index is 13.2. The van der Waals surface area contributed by atoms with Crippen LogP contribution in [0.3, 0.4) is 0 Å². The van der Waals surface area contributed by atoms with Crippen LogP contribution >= 0.6 is 23.4 Å². The number of hydrogen-bond donors (Lipinski definition) is 3. The van der Waals surface area contributed by atoms with Crippen LogP contribution in [0.15, 0.2) is 95.1 Å². The Balaban J connectivity index is 1.51. The molecule has 1 aliphatic heterocycles. The van der Waals surface area contributed by atoms with E-state index >= 15 is 0 Å². The SMILES string of the molecule is CC1=C(C(=O)Nc2ccccc2)[C@H](c2ccccc2)N=C(SCC(=O)Nc2cccc(Cl)c2C)N1. The first kappa shape index (κ1) is 24.6. The molecule has 0 saturated heterocycles. The molecular formula is C27H25ClN4O2S. The molecule has 35 heavy (non-hydrogen) atoms. The fraction of sp³-hybridized carbons (Fsp3) is 0.148. The molecule has 6 nitrogen and oxygen atoms in total. The van der Waals surface area contributed by atoms with E-state index in [1.54, 1.807) is 12.1 Å². The van der Waals surface area contributed by atoms with E-state index in [2.05, 4.69) is 16.0 Å². The van der Waals surface area contributed by atoms with Gasteiger partial charge in [0.2, 0.25) is 5.91 Å². The summed E-state index contributed by atoms with van der Waals surface area (Å²) in [5.41, 5.74) is 4.32. The highest BCUT2D eigenvalue weighted by Crippen LogP contribution is 2.33. The number of aliphatic imine (C=N–C) groups is 1. The number of para-hydroxylation sites is 1. The number of halogens is 1. The summed E-state index contributed by atoms with van der Waals surface area (Å²) in [4.78, 5) is 30.6. The summed E-state index contributed by atoms with van der Waals surface area (Å²) in [7, 11) is 0. The Morgan fingerprint density at radius 3 is 2.34 bits per heavy atom. The van der Waals surface area contributed by atoms with Crippen molar-refractivity contribution in [3.8, 4) is 0 Å². The van der Waals surface area contributed by atoms with Gasteiger partial charge in [-0.1, -0.05) is 78.0 Å². The largest absolute Gasteiger partial charge is 0.338 e. The first-order valence-electron chi connectivity index (χ1n) is 11.1. The number of allylic oxidation sites excluding steroid dienone is 1. The van der Waals surface area contributed by atoms with Crippen LogP contribution in [0.2, 0.25) is 5.02 Å². The second kappa shape index (κ2) is 11.3. The van der Waals surface area contributed by atoms with E-state index in [0.29, 0.717) is 32.8 Å². The lowest BCUT2D eigenvalue weighted by Gasteiger charge is -2.26. The summed E-state index contributed by atoms with van der Waals surface area (Å²) in [6.45, 7) is 3.71. The average Bonchev–Trinajstić information content (AvgIpc) is 2.86. The third-order valence-electron chi connectivity index (χ3n) is 5.49. The molecule has 0 radical (unpaired) electrons. The molecule has 8 heteroatoms. The summed E-state index contributed by atoms with van der Waals surface area (Å²) in [6.07, 6.45) is 0. The van der Waals surface area contributed by atoms with Gasteiger partial charge in [-0.05, 0) is 49.2 Å². The summed E-state index contributed by atoms with van der Waals surface area (Å²) in [6, 6.07) is 23.9. The molecule has 1 aliphatic rings. The second-order valence-corrected chi connectivity index (χ2v) is 9.35. The Kier molecular flexibility index (Phi) is 7.90. The number of anilines is 2. The number of nitrogens with zero attached hydrogens (tertiary/aromatic N) is 1. The van der Waals surface area contributed by atoms with Gasteiger partial charge in [-0.15, -0.1) is 0 Å². The van der Waals surface area contributed by atoms with Crippen molar-refractivity contribution < 1.29 is 9.59 Å². The Morgan fingerprint density at radius 2 is 1.63 bits per heavy atom. The highest BCUT2D eigenvalue weighted by molar-refractivity contribution is 8.14. The van der Waals surface area contributed by atoms with Gasteiger partial charge in [0.1, 0.15) is 6.04 Å². The lowest BCUT2D eigenvalue weighted by Crippen LogP contribution is -2.32. The van der Waals surface area contributed by atoms with Gasteiger partial charge in [-0.25, -0.2) is 4.99 Å². The van der Waals surface area contributed by atoms with E-state index in [1.807, 2.05) is 80.6 Å². The number of nitrogens with one attached hydrogen (secondary N) is 3. The van der Waals surface area contributed by atoms with Crippen LogP contribution in [0.25, 0.3) is 0 Å². The van der Waals surface area contributed by atoms with Crippen LogP contribution in [0.1, 0.15) is 24.1 Å². The predicted molar refractivity (Wildman–Crippen MR) is 145 cm³/mol. The minimum Gasteiger partial charge on any atom is -0.338 e. The van der Waals surface area contributed by atoms with Gasteiger partial charge in [0.15, 0.2) is 5.17 Å². The quantitative estimate of drug-likeness (QED) is 0.388. The Labute approximate surface area is 213 Å². The fourth-order valence-electron chi connectivity index (χ4n) is 3.67. The van der Waals surface area contributed by atoms with Gasteiger partial charge in [-0.3, -0.25) is 9.59 Å². The molecule has 3 aromatic rings. The molecule has 0 aliphatic carbocycles.